The van der Waals surface area contributed by atoms with Crippen LogP contribution in [0.15, 0.2) is 158 Å². The second kappa shape index (κ2) is 20.5. The fraction of sp³-hybridized carbons (Fsp3) is 0.333. The number of nitrogens with one attached hydrogen (secondary N) is 2. The van der Waals surface area contributed by atoms with Crippen LogP contribution in [-0.2, 0) is 10.1 Å². The molecule has 6 nitrogen and oxygen atoms in total. The van der Waals surface area contributed by atoms with Crippen molar-refractivity contribution in [3.8, 4) is 11.1 Å². The molecule has 1 aliphatic rings. The van der Waals surface area contributed by atoms with Crippen LogP contribution in [0.2, 0.25) is 0 Å². The summed E-state index contributed by atoms with van der Waals surface area (Å²) in [5, 5.41) is 11.8. The Bertz CT molecular complexity index is 2390. The highest BCUT2D eigenvalue weighted by atomic mass is 32.2. The third-order valence-electron chi connectivity index (χ3n) is 11.0. The highest BCUT2D eigenvalue weighted by molar-refractivity contribution is 7.95. The second-order valence-corrected chi connectivity index (χ2v) is 23.9. The van der Waals surface area contributed by atoms with Gasteiger partial charge in [-0.2, -0.15) is 0 Å². The van der Waals surface area contributed by atoms with Crippen molar-refractivity contribution in [3.05, 3.63) is 169 Å². The van der Waals surface area contributed by atoms with Crippen molar-refractivity contribution in [3.63, 3.8) is 0 Å². The van der Waals surface area contributed by atoms with Gasteiger partial charge in [0.15, 0.2) is 0 Å². The van der Waals surface area contributed by atoms with E-state index < -0.39 is 23.4 Å². The Morgan fingerprint density at radius 3 is 1.48 bits per heavy atom. The van der Waals surface area contributed by atoms with E-state index in [0.717, 1.165) is 85.2 Å². The number of benzene rings is 6. The van der Waals surface area contributed by atoms with Gasteiger partial charge in [0.2, 0.25) is 0 Å². The molecule has 8 heteroatoms. The minimum absolute atomic E-state index is 0.132. The maximum absolute atomic E-state index is 10.7. The van der Waals surface area contributed by atoms with E-state index in [2.05, 4.69) is 215 Å². The Morgan fingerprint density at radius 1 is 0.597 bits per heavy atom. The standard InChI is InChI=1S/C53H63N3P.CH4O3S/c1-52(2,3)39-54-42-31-33-47-48-34-32-43(55-40-53(4,5)6)38-50(48)56(51(49(47)37-42)41-23-13-9-14-24-41)35-21-7-8-22-36-57(44-25-15-10-16-26-44,45-27-17-11-18-28-45)46-29-19-12-20-30-46;1-5(2,3)4/h9-20,23-34,37-38,51,54-55H,7-8,21-22,35-36,39-40H2,1-6H3;1H3,(H,2,3,4)/q+1;/p-1/i51D;. The molecule has 1 atom stereocenters. The van der Waals surface area contributed by atoms with Gasteiger partial charge < -0.3 is 20.1 Å². The van der Waals surface area contributed by atoms with Crippen molar-refractivity contribution in [1.82, 2.24) is 0 Å². The zero-order valence-corrected chi connectivity index (χ0v) is 39.4. The van der Waals surface area contributed by atoms with E-state index in [4.69, 9.17) is 13.0 Å². The molecule has 0 fully saturated rings. The van der Waals surface area contributed by atoms with Crippen molar-refractivity contribution in [2.45, 2.75) is 73.2 Å². The zero-order chi connectivity index (χ0) is 45.3. The molecule has 6 aromatic rings. The lowest BCUT2D eigenvalue weighted by Gasteiger charge is -2.41. The summed E-state index contributed by atoms with van der Waals surface area (Å²) in [6.07, 6.45) is 6.10. The molecule has 0 amide bonds. The fourth-order valence-electron chi connectivity index (χ4n) is 8.17. The molecular weight excluding hydrogens is 802 g/mol. The Kier molecular flexibility index (Phi) is 14.9. The molecular formula is C54H66N3O3PS. The van der Waals surface area contributed by atoms with Gasteiger partial charge in [-0.05, 0) is 107 Å². The first-order valence-electron chi connectivity index (χ1n) is 22.4. The SMILES string of the molecule is CS(=O)(=O)[O-].[2H]C1(c2ccccc2)c2cc(NCC(C)(C)C)ccc2-c2ccc(NCC(C)(C)C)cc2N1CCCCCC[P+](c1ccccc1)(c1ccccc1)c1ccccc1. The summed E-state index contributed by atoms with van der Waals surface area (Å²) in [6, 6.07) is 56.7. The van der Waals surface area contributed by atoms with Crippen LogP contribution in [0.3, 0.4) is 0 Å². The van der Waals surface area contributed by atoms with Crippen LogP contribution in [-0.4, -0.2) is 45.0 Å². The predicted molar refractivity (Wildman–Crippen MR) is 268 cm³/mol. The monoisotopic (exact) mass is 868 g/mol. The van der Waals surface area contributed by atoms with Crippen molar-refractivity contribution < 1.29 is 14.3 Å². The van der Waals surface area contributed by atoms with Gasteiger partial charge in [0.25, 0.3) is 0 Å². The summed E-state index contributed by atoms with van der Waals surface area (Å²) in [6.45, 7) is 16.1. The average molecular weight is 869 g/mol. The van der Waals surface area contributed by atoms with Gasteiger partial charge in [0.05, 0.1) is 23.7 Å². The van der Waals surface area contributed by atoms with Crippen molar-refractivity contribution in [2.24, 2.45) is 10.8 Å². The lowest BCUT2D eigenvalue weighted by molar-refractivity contribution is 0.443. The fourth-order valence-corrected chi connectivity index (χ4v) is 12.6. The van der Waals surface area contributed by atoms with E-state index in [1.807, 2.05) is 0 Å². The number of unbranched alkanes of at least 4 members (excludes halogenated alkanes) is 3. The van der Waals surface area contributed by atoms with E-state index in [1.165, 1.54) is 21.5 Å². The molecule has 0 spiro atoms. The third kappa shape index (κ3) is 12.6. The van der Waals surface area contributed by atoms with E-state index in [1.54, 1.807) is 0 Å². The van der Waals surface area contributed by atoms with Gasteiger partial charge >= 0.3 is 0 Å². The summed E-state index contributed by atoms with van der Waals surface area (Å²) >= 11 is 0. The van der Waals surface area contributed by atoms with E-state index >= 15 is 0 Å². The van der Waals surface area contributed by atoms with Crippen LogP contribution in [0.5, 0.6) is 0 Å². The number of nitrogens with zero attached hydrogens (tertiary/aromatic N) is 1. The van der Waals surface area contributed by atoms with E-state index in [9.17, 15) is 1.37 Å². The normalized spacial score (nSPS) is 15.4. The van der Waals surface area contributed by atoms with E-state index in [-0.39, 0.29) is 10.8 Å². The summed E-state index contributed by atoms with van der Waals surface area (Å²) in [5.41, 5.74) is 7.92. The molecule has 1 unspecified atom stereocenters. The topological polar surface area (TPSA) is 84.5 Å². The van der Waals surface area contributed by atoms with E-state index in [0.29, 0.717) is 6.26 Å². The molecule has 0 radical (unpaired) electrons. The van der Waals surface area contributed by atoms with Crippen molar-refractivity contribution in [1.29, 1.82) is 0 Å². The third-order valence-corrected chi connectivity index (χ3v) is 15.6. The van der Waals surface area contributed by atoms with Crippen molar-refractivity contribution in [2.75, 3.05) is 47.6 Å². The van der Waals surface area contributed by atoms with Gasteiger partial charge in [-0.3, -0.25) is 0 Å². The van der Waals surface area contributed by atoms with Crippen LogP contribution in [0.4, 0.5) is 17.1 Å². The molecule has 7 rings (SSSR count). The second-order valence-electron chi connectivity index (χ2n) is 18.8. The number of rotatable bonds is 15. The van der Waals surface area contributed by atoms with Crippen LogP contribution < -0.4 is 31.4 Å². The lowest BCUT2D eigenvalue weighted by Crippen LogP contribution is -2.34. The number of hydrogen-bond acceptors (Lipinski definition) is 6. The Balaban J connectivity index is 0.00000125. The molecule has 0 saturated carbocycles. The predicted octanol–water partition coefficient (Wildman–Crippen LogP) is 11.9. The average Bonchev–Trinajstić information content (AvgIpc) is 3.26. The van der Waals surface area contributed by atoms with Gasteiger partial charge in [-0.25, -0.2) is 8.42 Å². The Morgan fingerprint density at radius 2 is 1.02 bits per heavy atom. The molecule has 0 aromatic heterocycles. The minimum atomic E-state index is -3.92. The zero-order valence-electron chi connectivity index (χ0n) is 38.7. The van der Waals surface area contributed by atoms with Crippen LogP contribution in [0.1, 0.15) is 85.7 Å². The summed E-state index contributed by atoms with van der Waals surface area (Å²) < 4.78 is 38.0. The molecule has 6 aromatic carbocycles. The lowest BCUT2D eigenvalue weighted by atomic mass is 9.84. The quantitative estimate of drug-likeness (QED) is 0.0608. The summed E-state index contributed by atoms with van der Waals surface area (Å²) in [5.74, 6) is 0. The summed E-state index contributed by atoms with van der Waals surface area (Å²) in [4.78, 5) is 2.41. The molecule has 1 aliphatic heterocycles. The maximum atomic E-state index is 10.7. The first-order valence-corrected chi connectivity index (χ1v) is 25.7. The molecule has 0 saturated heterocycles. The first kappa shape index (κ1) is 45.1. The van der Waals surface area contributed by atoms with Crippen LogP contribution >= 0.6 is 7.26 Å². The molecule has 1 heterocycles. The van der Waals surface area contributed by atoms with Gasteiger partial charge in [-0.15, -0.1) is 0 Å². The number of fused-ring (bicyclic) bond motifs is 3. The molecule has 326 valence electrons. The largest absolute Gasteiger partial charge is 0.748 e. The minimum Gasteiger partial charge on any atom is -0.748 e. The molecule has 2 N–H and O–H groups in total. The first-order chi connectivity index (χ1) is 29.9. The highest BCUT2D eigenvalue weighted by Crippen LogP contribution is 2.56. The maximum Gasteiger partial charge on any atom is 0.112 e. The van der Waals surface area contributed by atoms with Gasteiger partial charge in [-0.1, -0.05) is 145 Å². The Hall–Kier alpha value is -4.94. The number of anilines is 3. The van der Waals surface area contributed by atoms with Crippen LogP contribution in [0, 0.1) is 10.8 Å². The smallest absolute Gasteiger partial charge is 0.112 e. The Labute approximate surface area is 374 Å². The molecule has 62 heavy (non-hydrogen) atoms. The van der Waals surface area contributed by atoms with Crippen molar-refractivity contribution >= 4 is 50.4 Å². The van der Waals surface area contributed by atoms with Gasteiger partial charge in [0.1, 0.15) is 23.2 Å². The summed E-state index contributed by atoms with van der Waals surface area (Å²) in [7, 11) is -5.79. The molecule has 0 aliphatic carbocycles. The molecule has 0 bridgehead atoms. The highest BCUT2D eigenvalue weighted by Gasteiger charge is 2.44. The number of hydrogen-bond donors (Lipinski definition) is 2. The van der Waals surface area contributed by atoms with Crippen LogP contribution in [0.25, 0.3) is 11.1 Å². The van der Waals surface area contributed by atoms with Gasteiger partial charge in [0, 0.05) is 48.5 Å².